The molecule has 0 bridgehead atoms. The molecular formula is C20H16ClFN4O. The van der Waals surface area contributed by atoms with Crippen LogP contribution in [-0.4, -0.2) is 21.7 Å². The van der Waals surface area contributed by atoms with Gasteiger partial charge in [0.2, 0.25) is 11.7 Å². The molecule has 0 fully saturated rings. The van der Waals surface area contributed by atoms with Crippen molar-refractivity contribution in [1.29, 1.82) is 0 Å². The average Bonchev–Trinajstić information content (AvgIpc) is 3.14. The van der Waals surface area contributed by atoms with Crippen LogP contribution in [0.25, 0.3) is 22.3 Å². The lowest BCUT2D eigenvalue weighted by molar-refractivity contribution is 0.377. The third-order valence-corrected chi connectivity index (χ3v) is 4.45. The zero-order valence-electron chi connectivity index (χ0n) is 14.3. The molecule has 27 heavy (non-hydrogen) atoms. The van der Waals surface area contributed by atoms with E-state index in [0.29, 0.717) is 23.7 Å². The highest BCUT2D eigenvalue weighted by Crippen LogP contribution is 2.26. The Morgan fingerprint density at radius 2 is 2.04 bits per heavy atom. The van der Waals surface area contributed by atoms with Crippen LogP contribution in [0.15, 0.2) is 59.3 Å². The van der Waals surface area contributed by atoms with Gasteiger partial charge in [-0.1, -0.05) is 22.8 Å². The molecule has 0 aliphatic rings. The standard InChI is InChI=1S/C20H16ClFN4O/c21-17-12-14(22)5-7-16(17)20-25-19(27-26-20)4-2-9-23-15-6-8-18-13(11-15)3-1-10-24-18/h1,3,5-8,10-12,23H,2,4,9H2. The minimum absolute atomic E-state index is 0.259. The highest BCUT2D eigenvalue weighted by Gasteiger charge is 2.12. The summed E-state index contributed by atoms with van der Waals surface area (Å²) in [6, 6.07) is 14.1. The molecular weight excluding hydrogens is 367 g/mol. The Labute approximate surface area is 160 Å². The summed E-state index contributed by atoms with van der Waals surface area (Å²) in [7, 11) is 0. The van der Waals surface area contributed by atoms with Crippen molar-refractivity contribution < 1.29 is 8.91 Å². The molecule has 2 aromatic carbocycles. The molecule has 0 aliphatic heterocycles. The fourth-order valence-corrected chi connectivity index (χ4v) is 3.05. The molecule has 136 valence electrons. The zero-order valence-corrected chi connectivity index (χ0v) is 15.1. The van der Waals surface area contributed by atoms with E-state index in [1.807, 2.05) is 24.3 Å². The van der Waals surface area contributed by atoms with Gasteiger partial charge in [0.25, 0.3) is 0 Å². The van der Waals surface area contributed by atoms with Crippen molar-refractivity contribution in [2.45, 2.75) is 12.8 Å². The van der Waals surface area contributed by atoms with Crippen molar-refractivity contribution in [2.24, 2.45) is 0 Å². The van der Waals surface area contributed by atoms with Gasteiger partial charge in [0.1, 0.15) is 5.82 Å². The first kappa shape index (κ1) is 17.4. The summed E-state index contributed by atoms with van der Waals surface area (Å²) in [5.74, 6) is 0.489. The number of aryl methyl sites for hydroxylation is 1. The quantitative estimate of drug-likeness (QED) is 0.469. The third-order valence-electron chi connectivity index (χ3n) is 4.14. The maximum atomic E-state index is 13.1. The van der Waals surface area contributed by atoms with Crippen LogP contribution in [-0.2, 0) is 6.42 Å². The molecule has 1 N–H and O–H groups in total. The summed E-state index contributed by atoms with van der Waals surface area (Å²) < 4.78 is 18.4. The molecule has 0 spiro atoms. The number of pyridine rings is 1. The van der Waals surface area contributed by atoms with Gasteiger partial charge in [-0.05, 0) is 48.9 Å². The SMILES string of the molecule is Fc1ccc(-c2noc(CCCNc3ccc4ncccc4c3)n2)c(Cl)c1. The lowest BCUT2D eigenvalue weighted by Crippen LogP contribution is -2.03. The third kappa shape index (κ3) is 4.06. The lowest BCUT2D eigenvalue weighted by atomic mass is 10.2. The minimum Gasteiger partial charge on any atom is -0.385 e. The Bertz CT molecular complexity index is 1080. The molecule has 0 unspecified atom stereocenters. The summed E-state index contributed by atoms with van der Waals surface area (Å²) in [6.45, 7) is 0.765. The number of fused-ring (bicyclic) bond motifs is 1. The first-order chi connectivity index (χ1) is 13.2. The Balaban J connectivity index is 1.33. The monoisotopic (exact) mass is 382 g/mol. The van der Waals surface area contributed by atoms with E-state index in [-0.39, 0.29) is 5.02 Å². The number of rotatable bonds is 6. The minimum atomic E-state index is -0.400. The van der Waals surface area contributed by atoms with Crippen LogP contribution >= 0.6 is 11.6 Å². The summed E-state index contributed by atoms with van der Waals surface area (Å²) in [6.07, 6.45) is 3.24. The predicted molar refractivity (Wildman–Crippen MR) is 103 cm³/mol. The Morgan fingerprint density at radius 1 is 1.11 bits per heavy atom. The van der Waals surface area contributed by atoms with Crippen LogP contribution in [0, 0.1) is 5.82 Å². The second kappa shape index (κ2) is 7.72. The summed E-state index contributed by atoms with van der Waals surface area (Å²) in [4.78, 5) is 8.65. The fraction of sp³-hybridized carbons (Fsp3) is 0.150. The van der Waals surface area contributed by atoms with E-state index < -0.39 is 5.82 Å². The molecule has 0 saturated heterocycles. The second-order valence-corrected chi connectivity index (χ2v) is 6.48. The molecule has 0 amide bonds. The van der Waals surface area contributed by atoms with Gasteiger partial charge in [-0.25, -0.2) is 4.39 Å². The number of hydrogen-bond acceptors (Lipinski definition) is 5. The van der Waals surface area contributed by atoms with Gasteiger partial charge in [0.05, 0.1) is 10.5 Å². The number of benzene rings is 2. The Kier molecular flexibility index (Phi) is 4.98. The number of nitrogens with zero attached hydrogens (tertiary/aromatic N) is 3. The first-order valence-corrected chi connectivity index (χ1v) is 8.93. The topological polar surface area (TPSA) is 63.8 Å². The highest BCUT2D eigenvalue weighted by molar-refractivity contribution is 6.33. The van der Waals surface area contributed by atoms with Gasteiger partial charge < -0.3 is 9.84 Å². The molecule has 2 heterocycles. The molecule has 5 nitrogen and oxygen atoms in total. The zero-order chi connectivity index (χ0) is 18.6. The smallest absolute Gasteiger partial charge is 0.227 e. The molecule has 4 rings (SSSR count). The van der Waals surface area contributed by atoms with E-state index in [9.17, 15) is 4.39 Å². The van der Waals surface area contributed by atoms with Crippen molar-refractivity contribution in [3.8, 4) is 11.4 Å². The number of hydrogen-bond donors (Lipinski definition) is 1. The number of nitrogens with one attached hydrogen (secondary N) is 1. The molecule has 7 heteroatoms. The molecule has 4 aromatic rings. The van der Waals surface area contributed by atoms with Gasteiger partial charge in [-0.3, -0.25) is 4.98 Å². The fourth-order valence-electron chi connectivity index (χ4n) is 2.79. The van der Waals surface area contributed by atoms with Crippen LogP contribution in [0.3, 0.4) is 0 Å². The van der Waals surface area contributed by atoms with Crippen LogP contribution in [0.5, 0.6) is 0 Å². The van der Waals surface area contributed by atoms with Gasteiger partial charge in [-0.15, -0.1) is 0 Å². The van der Waals surface area contributed by atoms with Gasteiger partial charge in [0, 0.05) is 35.8 Å². The van der Waals surface area contributed by atoms with Crippen LogP contribution < -0.4 is 5.32 Å². The van der Waals surface area contributed by atoms with E-state index >= 15 is 0 Å². The summed E-state index contributed by atoms with van der Waals surface area (Å²) in [5, 5.41) is 8.66. The van der Waals surface area contributed by atoms with Crippen molar-refractivity contribution in [1.82, 2.24) is 15.1 Å². The Morgan fingerprint density at radius 3 is 2.93 bits per heavy atom. The summed E-state index contributed by atoms with van der Waals surface area (Å²) >= 11 is 6.03. The molecule has 0 saturated carbocycles. The number of halogens is 2. The van der Waals surface area contributed by atoms with Crippen LogP contribution in [0.2, 0.25) is 5.02 Å². The van der Waals surface area contributed by atoms with Crippen molar-refractivity contribution in [3.05, 3.63) is 71.5 Å². The Hall–Kier alpha value is -2.99. The van der Waals surface area contributed by atoms with Gasteiger partial charge in [0.15, 0.2) is 0 Å². The molecule has 0 atom stereocenters. The number of anilines is 1. The lowest BCUT2D eigenvalue weighted by Gasteiger charge is -2.06. The van der Waals surface area contributed by atoms with Gasteiger partial charge >= 0.3 is 0 Å². The maximum Gasteiger partial charge on any atom is 0.227 e. The van der Waals surface area contributed by atoms with Crippen molar-refractivity contribution in [2.75, 3.05) is 11.9 Å². The second-order valence-electron chi connectivity index (χ2n) is 6.08. The molecule has 2 aromatic heterocycles. The predicted octanol–water partition coefficient (Wildman–Crippen LogP) is 5.12. The van der Waals surface area contributed by atoms with E-state index in [4.69, 9.17) is 16.1 Å². The average molecular weight is 383 g/mol. The largest absolute Gasteiger partial charge is 0.385 e. The normalized spacial score (nSPS) is 11.0. The highest BCUT2D eigenvalue weighted by atomic mass is 35.5. The maximum absolute atomic E-state index is 13.1. The van der Waals surface area contributed by atoms with Gasteiger partial charge in [-0.2, -0.15) is 4.98 Å². The van der Waals surface area contributed by atoms with Crippen LogP contribution in [0.4, 0.5) is 10.1 Å². The first-order valence-electron chi connectivity index (χ1n) is 8.56. The van der Waals surface area contributed by atoms with E-state index in [2.05, 4.69) is 26.5 Å². The molecule has 0 aliphatic carbocycles. The molecule has 0 radical (unpaired) electrons. The van der Waals surface area contributed by atoms with E-state index in [1.165, 1.54) is 12.1 Å². The van der Waals surface area contributed by atoms with Crippen molar-refractivity contribution in [3.63, 3.8) is 0 Å². The number of aromatic nitrogens is 3. The van der Waals surface area contributed by atoms with Crippen LogP contribution in [0.1, 0.15) is 12.3 Å². The summed E-state index contributed by atoms with van der Waals surface area (Å²) in [5.41, 5.74) is 2.57. The van der Waals surface area contributed by atoms with Crippen molar-refractivity contribution >= 4 is 28.2 Å². The van der Waals surface area contributed by atoms with E-state index in [1.54, 1.807) is 12.3 Å². The van der Waals surface area contributed by atoms with E-state index in [0.717, 1.165) is 29.6 Å².